The molecule has 0 aliphatic heterocycles. The SMILES string of the molecule is CSc1ccc(-c2cc(-c3ccccc3)[o+]c(-c3ccccc3)c2)cc1.[O-][Cl+3]([O-])([O-])[O-]. The molecule has 4 rings (SSSR count). The van der Waals surface area contributed by atoms with Gasteiger partial charge in [-0.05, 0) is 48.2 Å². The minimum atomic E-state index is -4.94. The van der Waals surface area contributed by atoms with Crippen molar-refractivity contribution in [3.05, 3.63) is 97.1 Å². The van der Waals surface area contributed by atoms with Gasteiger partial charge in [-0.25, -0.2) is 23.1 Å². The largest absolute Gasteiger partial charge is 0.361 e. The van der Waals surface area contributed by atoms with E-state index in [9.17, 15) is 0 Å². The summed E-state index contributed by atoms with van der Waals surface area (Å²) in [7, 11) is -4.94. The molecular weight excluding hydrogens is 436 g/mol. The summed E-state index contributed by atoms with van der Waals surface area (Å²) in [6, 6.07) is 33.4. The third-order valence-electron chi connectivity index (χ3n) is 4.33. The first-order valence-corrected chi connectivity index (χ1v) is 11.6. The minimum Gasteiger partial charge on any atom is -0.222 e. The third-order valence-corrected chi connectivity index (χ3v) is 5.08. The van der Waals surface area contributed by atoms with Gasteiger partial charge in [-0.1, -0.05) is 48.5 Å². The second-order valence-electron chi connectivity index (χ2n) is 6.41. The van der Waals surface area contributed by atoms with Crippen LogP contribution in [0.2, 0.25) is 0 Å². The van der Waals surface area contributed by atoms with E-state index >= 15 is 0 Å². The van der Waals surface area contributed by atoms with Gasteiger partial charge < -0.3 is 0 Å². The monoisotopic (exact) mass is 454 g/mol. The molecule has 5 nitrogen and oxygen atoms in total. The molecule has 158 valence electrons. The number of benzene rings is 3. The molecule has 0 unspecified atom stereocenters. The minimum absolute atomic E-state index is 0.871. The van der Waals surface area contributed by atoms with Gasteiger partial charge in [-0.15, -0.1) is 22.0 Å². The van der Waals surface area contributed by atoms with Crippen LogP contribution in [-0.4, -0.2) is 6.26 Å². The van der Waals surface area contributed by atoms with Gasteiger partial charge in [-0.3, -0.25) is 0 Å². The lowest BCUT2D eigenvalue weighted by molar-refractivity contribution is -2.00. The predicted octanol–water partition coefficient (Wildman–Crippen LogP) is 2.53. The Kier molecular flexibility index (Phi) is 7.81. The Bertz CT molecular complexity index is 1030. The lowest BCUT2D eigenvalue weighted by Gasteiger charge is -2.17. The van der Waals surface area contributed by atoms with Crippen LogP contribution < -0.4 is 18.6 Å². The van der Waals surface area contributed by atoms with Crippen molar-refractivity contribution in [3.63, 3.8) is 0 Å². The second kappa shape index (κ2) is 10.5. The molecule has 0 fully saturated rings. The fourth-order valence-corrected chi connectivity index (χ4v) is 3.35. The highest BCUT2D eigenvalue weighted by Crippen LogP contribution is 2.33. The van der Waals surface area contributed by atoms with Crippen LogP contribution in [0.5, 0.6) is 0 Å². The van der Waals surface area contributed by atoms with E-state index in [0.29, 0.717) is 0 Å². The molecule has 7 heteroatoms. The topological polar surface area (TPSA) is 104 Å². The Morgan fingerprint density at radius 3 is 1.39 bits per heavy atom. The van der Waals surface area contributed by atoms with E-state index in [4.69, 9.17) is 23.1 Å². The molecule has 0 radical (unpaired) electrons. The highest BCUT2D eigenvalue weighted by atomic mass is 35.7. The predicted molar refractivity (Wildman–Crippen MR) is 111 cm³/mol. The molecule has 0 spiro atoms. The number of rotatable bonds is 4. The maximum Gasteiger partial charge on any atom is 0.361 e. The summed E-state index contributed by atoms with van der Waals surface area (Å²) in [4.78, 5) is 1.26. The van der Waals surface area contributed by atoms with Crippen LogP contribution in [-0.2, 0) is 0 Å². The Balaban J connectivity index is 0.000000491. The van der Waals surface area contributed by atoms with Crippen LogP contribution in [0.25, 0.3) is 33.8 Å². The smallest absolute Gasteiger partial charge is 0.222 e. The van der Waals surface area contributed by atoms with Gasteiger partial charge in [0, 0.05) is 10.5 Å². The summed E-state index contributed by atoms with van der Waals surface area (Å²) < 4.78 is 40.2. The molecular formula is C24H19ClO5S. The average Bonchev–Trinajstić information content (AvgIpc) is 2.79. The molecule has 0 bridgehead atoms. The van der Waals surface area contributed by atoms with Crippen LogP contribution >= 0.6 is 11.8 Å². The highest BCUT2D eigenvalue weighted by molar-refractivity contribution is 7.98. The zero-order chi connectivity index (χ0) is 22.3. The van der Waals surface area contributed by atoms with E-state index in [-0.39, 0.29) is 0 Å². The van der Waals surface area contributed by atoms with Gasteiger partial charge in [0.25, 0.3) is 0 Å². The van der Waals surface area contributed by atoms with Gasteiger partial charge >= 0.3 is 11.5 Å². The summed E-state index contributed by atoms with van der Waals surface area (Å²) in [6.07, 6.45) is 2.09. The summed E-state index contributed by atoms with van der Waals surface area (Å²) >= 11 is 1.75. The van der Waals surface area contributed by atoms with Gasteiger partial charge in [0.1, 0.15) is 0 Å². The van der Waals surface area contributed by atoms with Crippen LogP contribution in [0.4, 0.5) is 0 Å². The lowest BCUT2D eigenvalue weighted by atomic mass is 10.0. The molecule has 0 aliphatic carbocycles. The Morgan fingerprint density at radius 2 is 1.00 bits per heavy atom. The normalized spacial score (nSPS) is 10.9. The van der Waals surface area contributed by atoms with Crippen molar-refractivity contribution in [2.24, 2.45) is 0 Å². The number of halogens is 1. The van der Waals surface area contributed by atoms with E-state index in [1.807, 2.05) is 36.4 Å². The summed E-state index contributed by atoms with van der Waals surface area (Å²) in [5, 5.41) is 0. The maximum atomic E-state index is 8.49. The van der Waals surface area contributed by atoms with Crippen LogP contribution in [0.3, 0.4) is 0 Å². The average molecular weight is 455 g/mol. The molecule has 0 N–H and O–H groups in total. The van der Waals surface area contributed by atoms with Gasteiger partial charge in [-0.2, -0.15) is 0 Å². The first kappa shape index (κ1) is 23.0. The highest BCUT2D eigenvalue weighted by Gasteiger charge is 2.20. The molecule has 1 heterocycles. The van der Waals surface area contributed by atoms with E-state index in [1.54, 1.807) is 11.8 Å². The fraction of sp³-hybridized carbons (Fsp3) is 0.0417. The third kappa shape index (κ3) is 7.18. The Labute approximate surface area is 187 Å². The van der Waals surface area contributed by atoms with Crippen molar-refractivity contribution in [2.45, 2.75) is 4.90 Å². The van der Waals surface area contributed by atoms with Gasteiger partial charge in [0.15, 0.2) is 0 Å². The van der Waals surface area contributed by atoms with Crippen molar-refractivity contribution >= 4 is 11.8 Å². The van der Waals surface area contributed by atoms with E-state index in [1.165, 1.54) is 10.5 Å². The fourth-order valence-electron chi connectivity index (χ4n) is 2.94. The van der Waals surface area contributed by atoms with Crippen LogP contribution in [0.1, 0.15) is 0 Å². The van der Waals surface area contributed by atoms with Crippen LogP contribution in [0, 0.1) is 10.2 Å². The quantitative estimate of drug-likeness (QED) is 0.346. The molecule has 4 aromatic rings. The molecule has 0 saturated heterocycles. The number of hydrogen-bond donors (Lipinski definition) is 0. The lowest BCUT2D eigenvalue weighted by Crippen LogP contribution is -2.68. The molecule has 0 aliphatic rings. The van der Waals surface area contributed by atoms with Crippen molar-refractivity contribution < 1.29 is 33.3 Å². The first-order valence-electron chi connectivity index (χ1n) is 9.19. The first-order chi connectivity index (χ1) is 14.8. The van der Waals surface area contributed by atoms with E-state index in [2.05, 4.69) is 66.9 Å². The molecule has 0 atom stereocenters. The van der Waals surface area contributed by atoms with Crippen molar-refractivity contribution in [1.82, 2.24) is 0 Å². The second-order valence-corrected chi connectivity index (χ2v) is 8.05. The molecule has 0 saturated carbocycles. The Morgan fingerprint density at radius 1 is 0.581 bits per heavy atom. The number of thioether (sulfide) groups is 1. The molecule has 31 heavy (non-hydrogen) atoms. The van der Waals surface area contributed by atoms with Crippen molar-refractivity contribution in [1.29, 1.82) is 0 Å². The van der Waals surface area contributed by atoms with Gasteiger partial charge in [0.2, 0.25) is 0 Å². The van der Waals surface area contributed by atoms with Crippen LogP contribution in [0.15, 0.2) is 106 Å². The van der Waals surface area contributed by atoms with Crippen molar-refractivity contribution in [3.8, 4) is 33.8 Å². The standard InChI is InChI=1S/C24H19OS.ClHO4/c1-26-22-14-12-18(13-15-22)21-16-23(19-8-4-2-5-9-19)25-24(17-21)20-10-6-3-7-11-20;2-1(3,4)5/h2-17H,1H3;(H,2,3,4,5)/q+1;/p-1. The maximum absolute atomic E-state index is 8.49. The molecule has 0 amide bonds. The Hall–Kier alpha value is -2.71. The summed E-state index contributed by atoms with van der Waals surface area (Å²) in [6.45, 7) is 0. The molecule has 1 aromatic heterocycles. The van der Waals surface area contributed by atoms with Gasteiger partial charge in [0.05, 0.1) is 23.3 Å². The van der Waals surface area contributed by atoms with Crippen molar-refractivity contribution in [2.75, 3.05) is 6.26 Å². The zero-order valence-electron chi connectivity index (χ0n) is 16.6. The summed E-state index contributed by atoms with van der Waals surface area (Å²) in [5.41, 5.74) is 4.49. The van der Waals surface area contributed by atoms with E-state index in [0.717, 1.165) is 28.2 Å². The van der Waals surface area contributed by atoms with E-state index < -0.39 is 10.2 Å². The number of hydrogen-bond acceptors (Lipinski definition) is 5. The molecule has 3 aromatic carbocycles. The zero-order valence-corrected chi connectivity index (χ0v) is 18.1. The summed E-state index contributed by atoms with van der Waals surface area (Å²) in [5.74, 6) is 1.74.